The van der Waals surface area contributed by atoms with Gasteiger partial charge in [-0.1, -0.05) is 39.5 Å². The lowest BCUT2D eigenvalue weighted by Crippen LogP contribution is -2.42. The highest BCUT2D eigenvalue weighted by Gasteiger charge is 2.23. The summed E-state index contributed by atoms with van der Waals surface area (Å²) in [6.45, 7) is 3.77. The average molecular weight is 321 g/mol. The molecule has 0 spiro atoms. The van der Waals surface area contributed by atoms with Crippen molar-refractivity contribution in [3.63, 3.8) is 0 Å². The molecule has 6 heteroatoms. The molecular formula is C17H27N3O3. The lowest BCUT2D eigenvalue weighted by molar-refractivity contribution is -0.141. The van der Waals surface area contributed by atoms with Crippen LogP contribution in [0.5, 0.6) is 0 Å². The van der Waals surface area contributed by atoms with Gasteiger partial charge in [-0.15, -0.1) is 0 Å². The minimum absolute atomic E-state index is 0.0794. The fourth-order valence-electron chi connectivity index (χ4n) is 2.72. The summed E-state index contributed by atoms with van der Waals surface area (Å²) in [6, 6.07) is 1.15. The van der Waals surface area contributed by atoms with Gasteiger partial charge in [-0.25, -0.2) is 4.79 Å². The highest BCUT2D eigenvalue weighted by Crippen LogP contribution is 2.17. The van der Waals surface area contributed by atoms with Crippen molar-refractivity contribution in [2.45, 2.75) is 70.9 Å². The molecule has 3 N–H and O–H groups in total. The Kier molecular flexibility index (Phi) is 8.17. The van der Waals surface area contributed by atoms with E-state index in [1.807, 2.05) is 19.9 Å². The number of carbonyl (C=O) groups is 2. The molecule has 1 atom stereocenters. The maximum atomic E-state index is 12.1. The van der Waals surface area contributed by atoms with Crippen molar-refractivity contribution in [3.8, 4) is 6.07 Å². The zero-order chi connectivity index (χ0) is 17.2. The van der Waals surface area contributed by atoms with Gasteiger partial charge in [0.2, 0.25) is 0 Å². The SMILES string of the molecule is CC(C)CC(NC(=O)/C(C#N)=C\NC1CCCCCC1)C(=O)O. The lowest BCUT2D eigenvalue weighted by atomic mass is 10.0. The summed E-state index contributed by atoms with van der Waals surface area (Å²) in [6.07, 6.45) is 8.56. The second-order valence-electron chi connectivity index (χ2n) is 6.52. The summed E-state index contributed by atoms with van der Waals surface area (Å²) >= 11 is 0. The Morgan fingerprint density at radius 2 is 1.87 bits per heavy atom. The molecule has 1 amide bonds. The van der Waals surface area contributed by atoms with Gasteiger partial charge < -0.3 is 15.7 Å². The first-order chi connectivity index (χ1) is 10.9. The first-order valence-corrected chi connectivity index (χ1v) is 8.34. The summed E-state index contributed by atoms with van der Waals surface area (Å²) in [5, 5.41) is 23.9. The van der Waals surface area contributed by atoms with Gasteiger partial charge in [-0.2, -0.15) is 5.26 Å². The Hall–Kier alpha value is -2.03. The van der Waals surface area contributed by atoms with Gasteiger partial charge in [0.05, 0.1) is 0 Å². The van der Waals surface area contributed by atoms with E-state index in [0.29, 0.717) is 6.42 Å². The van der Waals surface area contributed by atoms with Crippen LogP contribution in [0.4, 0.5) is 0 Å². The van der Waals surface area contributed by atoms with E-state index in [1.165, 1.54) is 19.0 Å². The Bertz CT molecular complexity index is 472. The molecule has 1 unspecified atom stereocenters. The number of hydrogen-bond donors (Lipinski definition) is 3. The number of carboxylic acid groups (broad SMARTS) is 1. The normalized spacial score (nSPS) is 17.9. The molecule has 0 aromatic rings. The van der Waals surface area contributed by atoms with Crippen LogP contribution < -0.4 is 10.6 Å². The van der Waals surface area contributed by atoms with E-state index >= 15 is 0 Å². The van der Waals surface area contributed by atoms with Gasteiger partial charge >= 0.3 is 5.97 Å². The Morgan fingerprint density at radius 1 is 1.26 bits per heavy atom. The predicted octanol–water partition coefficient (Wildman–Crippen LogP) is 2.32. The van der Waals surface area contributed by atoms with Gasteiger partial charge in [0.15, 0.2) is 0 Å². The summed E-state index contributed by atoms with van der Waals surface area (Å²) in [7, 11) is 0. The van der Waals surface area contributed by atoms with E-state index in [0.717, 1.165) is 25.7 Å². The Morgan fingerprint density at radius 3 is 2.35 bits per heavy atom. The van der Waals surface area contributed by atoms with Crippen LogP contribution in [0.3, 0.4) is 0 Å². The van der Waals surface area contributed by atoms with Crippen molar-refractivity contribution < 1.29 is 14.7 Å². The highest BCUT2D eigenvalue weighted by molar-refractivity contribution is 5.99. The molecule has 1 fully saturated rings. The molecule has 0 heterocycles. The van der Waals surface area contributed by atoms with Gasteiger partial charge in [-0.3, -0.25) is 4.79 Å². The van der Waals surface area contributed by atoms with Crippen LogP contribution in [0.15, 0.2) is 11.8 Å². The second kappa shape index (κ2) is 9.88. The zero-order valence-corrected chi connectivity index (χ0v) is 14.0. The van der Waals surface area contributed by atoms with Crippen molar-refractivity contribution in [2.24, 2.45) is 5.92 Å². The second-order valence-corrected chi connectivity index (χ2v) is 6.52. The molecule has 0 aliphatic heterocycles. The van der Waals surface area contributed by atoms with Crippen LogP contribution in [0.25, 0.3) is 0 Å². The number of nitrogens with zero attached hydrogens (tertiary/aromatic N) is 1. The summed E-state index contributed by atoms with van der Waals surface area (Å²) in [4.78, 5) is 23.3. The summed E-state index contributed by atoms with van der Waals surface area (Å²) in [5.41, 5.74) is -0.0794. The molecule has 1 saturated carbocycles. The zero-order valence-electron chi connectivity index (χ0n) is 14.0. The molecule has 1 rings (SSSR count). The molecule has 0 radical (unpaired) electrons. The number of hydrogen-bond acceptors (Lipinski definition) is 4. The predicted molar refractivity (Wildman–Crippen MR) is 87.3 cm³/mol. The number of nitrogens with one attached hydrogen (secondary N) is 2. The first-order valence-electron chi connectivity index (χ1n) is 8.34. The number of carboxylic acids is 1. The third kappa shape index (κ3) is 7.18. The Labute approximate surface area is 137 Å². The largest absolute Gasteiger partial charge is 0.480 e. The van der Waals surface area contributed by atoms with E-state index in [2.05, 4.69) is 10.6 Å². The average Bonchev–Trinajstić information content (AvgIpc) is 2.75. The van der Waals surface area contributed by atoms with Crippen molar-refractivity contribution in [3.05, 3.63) is 11.8 Å². The van der Waals surface area contributed by atoms with Crippen LogP contribution in [0, 0.1) is 17.2 Å². The number of aliphatic carboxylic acids is 1. The maximum absolute atomic E-state index is 12.1. The molecule has 6 nitrogen and oxygen atoms in total. The van der Waals surface area contributed by atoms with E-state index in [4.69, 9.17) is 10.4 Å². The minimum atomic E-state index is -1.08. The first kappa shape index (κ1) is 19.0. The number of rotatable bonds is 7. The molecule has 128 valence electrons. The number of nitriles is 1. The lowest BCUT2D eigenvalue weighted by Gasteiger charge is -2.17. The third-order valence-corrected chi connectivity index (χ3v) is 3.99. The van der Waals surface area contributed by atoms with E-state index in [1.54, 1.807) is 0 Å². The van der Waals surface area contributed by atoms with Crippen LogP contribution in [-0.4, -0.2) is 29.1 Å². The van der Waals surface area contributed by atoms with Gasteiger partial charge in [0.1, 0.15) is 17.7 Å². The smallest absolute Gasteiger partial charge is 0.326 e. The van der Waals surface area contributed by atoms with Crippen molar-refractivity contribution in [1.82, 2.24) is 10.6 Å². The molecule has 0 saturated heterocycles. The van der Waals surface area contributed by atoms with Crippen LogP contribution >= 0.6 is 0 Å². The minimum Gasteiger partial charge on any atom is -0.480 e. The molecule has 23 heavy (non-hydrogen) atoms. The molecule has 1 aliphatic carbocycles. The highest BCUT2D eigenvalue weighted by atomic mass is 16.4. The molecular weight excluding hydrogens is 294 g/mol. The topological polar surface area (TPSA) is 102 Å². The molecule has 0 aromatic carbocycles. The third-order valence-electron chi connectivity index (χ3n) is 3.99. The van der Waals surface area contributed by atoms with Gasteiger partial charge in [0.25, 0.3) is 5.91 Å². The Balaban J connectivity index is 2.63. The van der Waals surface area contributed by atoms with Crippen LogP contribution in [-0.2, 0) is 9.59 Å². The number of amides is 1. The van der Waals surface area contributed by atoms with E-state index < -0.39 is 17.9 Å². The summed E-state index contributed by atoms with van der Waals surface area (Å²) < 4.78 is 0. The van der Waals surface area contributed by atoms with Crippen molar-refractivity contribution in [1.29, 1.82) is 5.26 Å². The molecule has 0 aromatic heterocycles. The maximum Gasteiger partial charge on any atom is 0.326 e. The quantitative estimate of drug-likeness (QED) is 0.379. The van der Waals surface area contributed by atoms with Gasteiger partial charge in [-0.05, 0) is 25.2 Å². The van der Waals surface area contributed by atoms with Crippen LogP contribution in [0.2, 0.25) is 0 Å². The monoisotopic (exact) mass is 321 g/mol. The molecule has 1 aliphatic rings. The van der Waals surface area contributed by atoms with Crippen molar-refractivity contribution in [2.75, 3.05) is 0 Å². The number of carbonyl (C=O) groups excluding carboxylic acids is 1. The van der Waals surface area contributed by atoms with Crippen LogP contribution in [0.1, 0.15) is 58.8 Å². The fraction of sp³-hybridized carbons (Fsp3) is 0.706. The van der Waals surface area contributed by atoms with E-state index in [9.17, 15) is 9.59 Å². The summed E-state index contributed by atoms with van der Waals surface area (Å²) in [5.74, 6) is -1.59. The standard InChI is InChI=1S/C17H27N3O3/c1-12(2)9-15(17(22)23)20-16(21)13(10-18)11-19-14-7-5-3-4-6-8-14/h11-12,14-15,19H,3-9H2,1-2H3,(H,20,21)(H,22,23)/b13-11-. The van der Waals surface area contributed by atoms with Gasteiger partial charge in [0, 0.05) is 12.2 Å². The molecule has 0 bridgehead atoms. The fourth-order valence-corrected chi connectivity index (χ4v) is 2.72. The van der Waals surface area contributed by atoms with E-state index in [-0.39, 0.29) is 17.5 Å². The van der Waals surface area contributed by atoms with Crippen molar-refractivity contribution >= 4 is 11.9 Å².